The molecule has 1 N–H and O–H groups in total. The zero-order valence-corrected chi connectivity index (χ0v) is 18.9. The van der Waals surface area contributed by atoms with E-state index in [-0.39, 0.29) is 6.61 Å². The minimum Gasteiger partial charge on any atom is -0.392 e. The first-order valence-corrected chi connectivity index (χ1v) is 10.6. The van der Waals surface area contributed by atoms with Gasteiger partial charge >= 0.3 is 0 Å². The molecule has 0 unspecified atom stereocenters. The lowest BCUT2D eigenvalue weighted by molar-refractivity contribution is 0.282. The van der Waals surface area contributed by atoms with Crippen LogP contribution in [0.2, 0.25) is 20.1 Å². The Balaban J connectivity index is 1.95. The Bertz CT molecular complexity index is 1310. The second-order valence-corrected chi connectivity index (χ2v) is 8.51. The molecular formula is C22H17Cl4N3O. The molecule has 0 saturated carbocycles. The van der Waals surface area contributed by atoms with Gasteiger partial charge in [0.1, 0.15) is 0 Å². The van der Waals surface area contributed by atoms with E-state index in [0.29, 0.717) is 37.9 Å². The van der Waals surface area contributed by atoms with Gasteiger partial charge in [0, 0.05) is 7.05 Å². The van der Waals surface area contributed by atoms with E-state index in [0.717, 1.165) is 22.2 Å². The van der Waals surface area contributed by atoms with Crippen molar-refractivity contribution >= 4 is 63.1 Å². The molecule has 0 amide bonds. The Kier molecular flexibility index (Phi) is 6.14. The molecule has 4 nitrogen and oxygen atoms in total. The number of imidazole rings is 1. The fourth-order valence-corrected chi connectivity index (χ4v) is 3.91. The van der Waals surface area contributed by atoms with E-state index in [4.69, 9.17) is 51.4 Å². The fourth-order valence-electron chi connectivity index (χ4n) is 3.30. The van der Waals surface area contributed by atoms with Crippen molar-refractivity contribution in [1.82, 2.24) is 9.13 Å². The minimum atomic E-state index is 0.00765. The number of rotatable bonds is 4. The SMILES string of the molecule is Cn1c(=Nc2ccc(Cl)c(Cl)c2)n(Cc2ccc(CO)cc2)c2cc(Cl)c(Cl)cc21. The van der Waals surface area contributed by atoms with Gasteiger partial charge in [0.15, 0.2) is 0 Å². The second-order valence-electron chi connectivity index (χ2n) is 6.89. The highest BCUT2D eigenvalue weighted by Crippen LogP contribution is 2.29. The molecule has 0 aliphatic carbocycles. The third-order valence-corrected chi connectivity index (χ3v) is 6.35. The molecule has 1 heterocycles. The van der Waals surface area contributed by atoms with E-state index >= 15 is 0 Å². The molecule has 0 saturated heterocycles. The molecule has 0 bridgehead atoms. The standard InChI is InChI=1S/C22H17Cl4N3O/c1-28-20-9-18(25)19(26)10-21(20)29(11-13-2-4-14(12-30)5-3-13)22(28)27-15-6-7-16(23)17(24)8-15/h2-10,30H,11-12H2,1H3. The molecule has 0 fully saturated rings. The second kappa shape index (κ2) is 8.66. The van der Waals surface area contributed by atoms with E-state index in [1.54, 1.807) is 12.1 Å². The Hall–Kier alpha value is -1.95. The maximum Gasteiger partial charge on any atom is 0.211 e. The van der Waals surface area contributed by atoms with E-state index < -0.39 is 0 Å². The number of benzene rings is 3. The van der Waals surface area contributed by atoms with E-state index in [1.165, 1.54) is 0 Å². The summed E-state index contributed by atoms with van der Waals surface area (Å²) in [5, 5.41) is 11.2. The van der Waals surface area contributed by atoms with Crippen molar-refractivity contribution in [2.24, 2.45) is 12.0 Å². The number of aryl methyl sites for hydroxylation is 1. The summed E-state index contributed by atoms with van der Waals surface area (Å²) in [5.41, 5.74) is 5.09. The van der Waals surface area contributed by atoms with Gasteiger partial charge in [-0.1, -0.05) is 70.7 Å². The summed E-state index contributed by atoms with van der Waals surface area (Å²) in [7, 11) is 1.92. The van der Waals surface area contributed by atoms with Crippen molar-refractivity contribution in [2.75, 3.05) is 0 Å². The van der Waals surface area contributed by atoms with Gasteiger partial charge in [-0.15, -0.1) is 0 Å². The molecule has 154 valence electrons. The number of aromatic nitrogens is 2. The van der Waals surface area contributed by atoms with Crippen molar-refractivity contribution in [1.29, 1.82) is 0 Å². The van der Waals surface area contributed by atoms with Crippen molar-refractivity contribution in [3.63, 3.8) is 0 Å². The maximum atomic E-state index is 9.30. The summed E-state index contributed by atoms with van der Waals surface area (Å²) in [6.45, 7) is 0.564. The number of hydrogen-bond donors (Lipinski definition) is 1. The number of halogens is 4. The van der Waals surface area contributed by atoms with Gasteiger partial charge in [0.25, 0.3) is 0 Å². The van der Waals surface area contributed by atoms with Crippen LogP contribution in [0.1, 0.15) is 11.1 Å². The first kappa shape index (κ1) is 21.3. The summed E-state index contributed by atoms with van der Waals surface area (Å²) < 4.78 is 4.02. The zero-order chi connectivity index (χ0) is 21.4. The van der Waals surface area contributed by atoms with E-state index in [2.05, 4.69) is 4.57 Å². The first-order chi connectivity index (χ1) is 14.4. The van der Waals surface area contributed by atoms with Crippen LogP contribution >= 0.6 is 46.4 Å². The Labute approximate surface area is 193 Å². The smallest absolute Gasteiger partial charge is 0.211 e. The lowest BCUT2D eigenvalue weighted by Crippen LogP contribution is -2.24. The van der Waals surface area contributed by atoms with Gasteiger partial charge in [-0.25, -0.2) is 4.99 Å². The van der Waals surface area contributed by atoms with Gasteiger partial charge in [-0.05, 0) is 41.5 Å². The lowest BCUT2D eigenvalue weighted by Gasteiger charge is -2.07. The maximum absolute atomic E-state index is 9.30. The van der Waals surface area contributed by atoms with E-state index in [1.807, 2.05) is 54.1 Å². The zero-order valence-electron chi connectivity index (χ0n) is 15.9. The van der Waals surface area contributed by atoms with Crippen LogP contribution < -0.4 is 5.62 Å². The average molecular weight is 481 g/mol. The molecule has 0 radical (unpaired) electrons. The van der Waals surface area contributed by atoms with Crippen molar-refractivity contribution in [3.8, 4) is 0 Å². The molecule has 0 aliphatic rings. The Morgan fingerprint density at radius 1 is 0.767 bits per heavy atom. The minimum absolute atomic E-state index is 0.00765. The van der Waals surface area contributed by atoms with Gasteiger partial charge in [0.2, 0.25) is 5.62 Å². The molecule has 8 heteroatoms. The third kappa shape index (κ3) is 4.11. The molecule has 1 aromatic heterocycles. The summed E-state index contributed by atoms with van der Waals surface area (Å²) in [6, 6.07) is 16.7. The summed E-state index contributed by atoms with van der Waals surface area (Å²) in [4.78, 5) is 4.83. The van der Waals surface area contributed by atoms with Crippen LogP contribution in [0.4, 0.5) is 5.69 Å². The van der Waals surface area contributed by atoms with Crippen LogP contribution in [-0.2, 0) is 20.2 Å². The van der Waals surface area contributed by atoms with Crippen LogP contribution in [0, 0.1) is 0 Å². The summed E-state index contributed by atoms with van der Waals surface area (Å²) in [5.74, 6) is 0. The van der Waals surface area contributed by atoms with Crippen LogP contribution in [0.5, 0.6) is 0 Å². The normalized spacial score (nSPS) is 12.1. The highest BCUT2D eigenvalue weighted by atomic mass is 35.5. The van der Waals surface area contributed by atoms with Crippen LogP contribution in [0.25, 0.3) is 11.0 Å². The summed E-state index contributed by atoms with van der Waals surface area (Å²) in [6.07, 6.45) is 0. The van der Waals surface area contributed by atoms with Crippen LogP contribution in [0.3, 0.4) is 0 Å². The highest BCUT2D eigenvalue weighted by Gasteiger charge is 2.13. The van der Waals surface area contributed by atoms with Gasteiger partial charge in [-0.3, -0.25) is 0 Å². The molecule has 4 aromatic rings. The van der Waals surface area contributed by atoms with Crippen LogP contribution in [-0.4, -0.2) is 14.2 Å². The number of nitrogens with zero attached hydrogens (tertiary/aromatic N) is 3. The summed E-state index contributed by atoms with van der Waals surface area (Å²) >= 11 is 24.8. The first-order valence-electron chi connectivity index (χ1n) is 9.10. The molecule has 30 heavy (non-hydrogen) atoms. The Morgan fingerprint density at radius 2 is 1.37 bits per heavy atom. The predicted molar refractivity (Wildman–Crippen MR) is 124 cm³/mol. The topological polar surface area (TPSA) is 42.5 Å². The quantitative estimate of drug-likeness (QED) is 0.362. The van der Waals surface area contributed by atoms with Gasteiger partial charge < -0.3 is 14.2 Å². The molecule has 4 rings (SSSR count). The number of fused-ring (bicyclic) bond motifs is 1. The van der Waals surface area contributed by atoms with Gasteiger partial charge in [0.05, 0.1) is 50.0 Å². The highest BCUT2D eigenvalue weighted by molar-refractivity contribution is 6.43. The van der Waals surface area contributed by atoms with Crippen molar-refractivity contribution in [2.45, 2.75) is 13.2 Å². The van der Waals surface area contributed by atoms with Crippen molar-refractivity contribution in [3.05, 3.63) is 91.4 Å². The van der Waals surface area contributed by atoms with Gasteiger partial charge in [-0.2, -0.15) is 0 Å². The molecule has 3 aromatic carbocycles. The molecule has 0 spiro atoms. The molecular weight excluding hydrogens is 464 g/mol. The fraction of sp³-hybridized carbons (Fsp3) is 0.136. The number of aliphatic hydroxyl groups excluding tert-OH is 1. The number of hydrogen-bond acceptors (Lipinski definition) is 2. The van der Waals surface area contributed by atoms with Crippen LogP contribution in [0.15, 0.2) is 59.6 Å². The third-order valence-electron chi connectivity index (χ3n) is 4.89. The van der Waals surface area contributed by atoms with E-state index in [9.17, 15) is 5.11 Å². The molecule has 0 aliphatic heterocycles. The average Bonchev–Trinajstić information content (AvgIpc) is 2.97. The molecule has 0 atom stereocenters. The van der Waals surface area contributed by atoms with Crippen molar-refractivity contribution < 1.29 is 5.11 Å². The largest absolute Gasteiger partial charge is 0.392 e. The Morgan fingerprint density at radius 3 is 2.00 bits per heavy atom. The number of aliphatic hydroxyl groups is 1. The monoisotopic (exact) mass is 479 g/mol. The predicted octanol–water partition coefficient (Wildman–Crippen LogP) is 6.37. The lowest BCUT2D eigenvalue weighted by atomic mass is 10.1.